The third-order valence-electron chi connectivity index (χ3n) is 8.58. The molecule has 3 aromatic rings. The van der Waals surface area contributed by atoms with Crippen molar-refractivity contribution in [2.75, 3.05) is 26.9 Å². The molecule has 2 amide bonds. The number of aromatic hydroxyl groups is 1. The number of rotatable bonds is 16. The number of hydrogen-bond acceptors (Lipinski definition) is 6. The summed E-state index contributed by atoms with van der Waals surface area (Å²) in [7, 11) is 1.56. The highest BCUT2D eigenvalue weighted by atomic mass is 16.5. The van der Waals surface area contributed by atoms with Gasteiger partial charge in [0.1, 0.15) is 17.2 Å². The van der Waals surface area contributed by atoms with Gasteiger partial charge in [-0.05, 0) is 41.4 Å². The van der Waals surface area contributed by atoms with E-state index in [0.29, 0.717) is 36.1 Å². The number of hydrogen-bond donors (Lipinski definition) is 3. The van der Waals surface area contributed by atoms with Crippen molar-refractivity contribution < 1.29 is 28.9 Å². The lowest BCUT2D eigenvalue weighted by Gasteiger charge is -2.32. The van der Waals surface area contributed by atoms with Crippen LogP contribution in [-0.4, -0.2) is 50.0 Å². The van der Waals surface area contributed by atoms with E-state index in [1.807, 2.05) is 13.0 Å². The Labute approximate surface area is 262 Å². The average Bonchev–Trinajstić information content (AvgIpc) is 3.01. The number of ether oxygens (including phenoxy) is 3. The molecule has 8 nitrogen and oxygen atoms in total. The maximum absolute atomic E-state index is 13.7. The molecule has 0 saturated heterocycles. The highest BCUT2D eigenvalue weighted by molar-refractivity contribution is 6.06. The summed E-state index contributed by atoms with van der Waals surface area (Å²) >= 11 is 0. The molecule has 0 bridgehead atoms. The van der Waals surface area contributed by atoms with Crippen molar-refractivity contribution in [1.29, 1.82) is 0 Å². The Hall–Kier alpha value is -3.78. The number of carbonyl (C=O) groups excluding carboxylic acids is 2. The molecule has 0 fully saturated rings. The standard InChI is InChI=1S/C36H50N2O6/c1-9-14-32(44-29-18-17-24(35(4,5)10-2)21-28(29)36(6,7)11-3)38-34(41)27-22-30(43-23-31(39)37-19-20-42-8)25-15-12-13-16-26(25)33(27)40/h12-13,15-18,21-22,32,40H,9-11,14,19-20,23H2,1-8H3,(H,37,39)(H,38,41)/t32-/m0/s1. The van der Waals surface area contributed by atoms with Crippen LogP contribution in [0.5, 0.6) is 17.2 Å². The second kappa shape index (κ2) is 15.3. The molecule has 0 aromatic heterocycles. The van der Waals surface area contributed by atoms with Crippen LogP contribution in [0.3, 0.4) is 0 Å². The Morgan fingerprint density at radius 2 is 1.59 bits per heavy atom. The molecule has 1 atom stereocenters. The predicted molar refractivity (Wildman–Crippen MR) is 176 cm³/mol. The van der Waals surface area contributed by atoms with E-state index in [2.05, 4.69) is 64.3 Å². The van der Waals surface area contributed by atoms with Gasteiger partial charge in [0.05, 0.1) is 12.2 Å². The molecule has 0 spiro atoms. The Kier molecular flexibility index (Phi) is 12.1. The van der Waals surface area contributed by atoms with Crippen LogP contribution in [0.1, 0.15) is 95.6 Å². The normalized spacial score (nSPS) is 12.5. The number of carbonyl (C=O) groups is 2. The van der Waals surface area contributed by atoms with E-state index in [-0.39, 0.29) is 34.7 Å². The molecule has 3 aromatic carbocycles. The fourth-order valence-electron chi connectivity index (χ4n) is 4.88. The van der Waals surface area contributed by atoms with Gasteiger partial charge in [-0.15, -0.1) is 0 Å². The van der Waals surface area contributed by atoms with Crippen molar-refractivity contribution in [3.63, 3.8) is 0 Å². The minimum Gasteiger partial charge on any atom is -0.506 e. The molecule has 0 aliphatic heterocycles. The molecule has 44 heavy (non-hydrogen) atoms. The van der Waals surface area contributed by atoms with E-state index in [4.69, 9.17) is 14.2 Å². The Morgan fingerprint density at radius 1 is 0.909 bits per heavy atom. The van der Waals surface area contributed by atoms with E-state index in [1.54, 1.807) is 31.4 Å². The summed E-state index contributed by atoms with van der Waals surface area (Å²) in [5.74, 6) is 0.0723. The zero-order valence-electron chi connectivity index (χ0n) is 27.6. The summed E-state index contributed by atoms with van der Waals surface area (Å²) in [6.45, 7) is 15.8. The number of methoxy groups -OCH3 is 1. The maximum Gasteiger partial charge on any atom is 0.258 e. The van der Waals surface area contributed by atoms with Crippen LogP contribution < -0.4 is 20.1 Å². The number of fused-ring (bicyclic) bond motifs is 1. The molecule has 0 radical (unpaired) electrons. The first kappa shape index (κ1) is 34.7. The summed E-state index contributed by atoms with van der Waals surface area (Å²) < 4.78 is 17.4. The second-order valence-corrected chi connectivity index (χ2v) is 12.5. The molecule has 240 valence electrons. The van der Waals surface area contributed by atoms with Crippen molar-refractivity contribution in [2.24, 2.45) is 0 Å². The average molecular weight is 607 g/mol. The Balaban J connectivity index is 1.93. The number of phenols is 1. The van der Waals surface area contributed by atoms with Gasteiger partial charge >= 0.3 is 0 Å². The van der Waals surface area contributed by atoms with Crippen molar-refractivity contribution in [3.05, 3.63) is 65.2 Å². The van der Waals surface area contributed by atoms with Crippen molar-refractivity contribution in [1.82, 2.24) is 10.6 Å². The number of benzene rings is 3. The third-order valence-corrected chi connectivity index (χ3v) is 8.58. The molecular weight excluding hydrogens is 556 g/mol. The lowest BCUT2D eigenvalue weighted by atomic mass is 9.76. The summed E-state index contributed by atoms with van der Waals surface area (Å²) in [5.41, 5.74) is 2.27. The Bertz CT molecular complexity index is 1430. The zero-order chi connectivity index (χ0) is 32.5. The lowest BCUT2D eigenvalue weighted by Crippen LogP contribution is -2.39. The largest absolute Gasteiger partial charge is 0.506 e. The molecule has 0 unspecified atom stereocenters. The van der Waals surface area contributed by atoms with Crippen molar-refractivity contribution >= 4 is 22.6 Å². The molecule has 0 aliphatic carbocycles. The molecule has 3 rings (SSSR count). The summed E-state index contributed by atoms with van der Waals surface area (Å²) in [4.78, 5) is 26.0. The molecule has 0 heterocycles. The summed E-state index contributed by atoms with van der Waals surface area (Å²) in [5, 5.41) is 17.9. The lowest BCUT2D eigenvalue weighted by molar-refractivity contribution is -0.123. The van der Waals surface area contributed by atoms with Crippen LogP contribution >= 0.6 is 0 Å². The first-order valence-corrected chi connectivity index (χ1v) is 15.6. The first-order valence-electron chi connectivity index (χ1n) is 15.6. The van der Waals surface area contributed by atoms with Crippen LogP contribution in [0.4, 0.5) is 0 Å². The maximum atomic E-state index is 13.7. The van der Waals surface area contributed by atoms with Crippen LogP contribution in [-0.2, 0) is 20.4 Å². The quantitative estimate of drug-likeness (QED) is 0.120. The third kappa shape index (κ3) is 8.44. The van der Waals surface area contributed by atoms with Gasteiger partial charge in [0, 0.05) is 36.4 Å². The highest BCUT2D eigenvalue weighted by Gasteiger charge is 2.28. The second-order valence-electron chi connectivity index (χ2n) is 12.5. The SMILES string of the molecule is CCC[C@@H](NC(=O)c1cc(OCC(=O)NCCOC)c2ccccc2c1O)Oc1ccc(C(C)(C)CC)cc1C(C)(C)CC. The summed E-state index contributed by atoms with van der Waals surface area (Å²) in [6, 6.07) is 14.9. The van der Waals surface area contributed by atoms with Gasteiger partial charge in [-0.3, -0.25) is 9.59 Å². The van der Waals surface area contributed by atoms with E-state index in [0.717, 1.165) is 30.6 Å². The van der Waals surface area contributed by atoms with E-state index < -0.39 is 12.1 Å². The minimum absolute atomic E-state index is 0.0200. The minimum atomic E-state index is -0.634. The number of phenolic OH excluding ortho intramolecular Hbond substituents is 1. The zero-order valence-corrected chi connectivity index (χ0v) is 27.6. The highest BCUT2D eigenvalue weighted by Crippen LogP contribution is 2.39. The molecule has 8 heteroatoms. The Morgan fingerprint density at radius 3 is 2.23 bits per heavy atom. The van der Waals surface area contributed by atoms with Gasteiger partial charge in [-0.1, -0.05) is 91.3 Å². The summed E-state index contributed by atoms with van der Waals surface area (Å²) in [6.07, 6.45) is 2.63. The van der Waals surface area contributed by atoms with Gasteiger partial charge in [0.15, 0.2) is 12.8 Å². The fraction of sp³-hybridized carbons (Fsp3) is 0.500. The van der Waals surface area contributed by atoms with Gasteiger partial charge in [-0.2, -0.15) is 0 Å². The monoisotopic (exact) mass is 606 g/mol. The molecule has 0 saturated carbocycles. The van der Waals surface area contributed by atoms with Crippen LogP contribution in [0.25, 0.3) is 10.8 Å². The van der Waals surface area contributed by atoms with Crippen molar-refractivity contribution in [3.8, 4) is 17.2 Å². The van der Waals surface area contributed by atoms with Crippen LogP contribution in [0.2, 0.25) is 0 Å². The van der Waals surface area contributed by atoms with Gasteiger partial charge in [0.25, 0.3) is 11.8 Å². The molecule has 3 N–H and O–H groups in total. The van der Waals surface area contributed by atoms with Crippen LogP contribution in [0.15, 0.2) is 48.5 Å². The van der Waals surface area contributed by atoms with E-state index >= 15 is 0 Å². The molecular formula is C36H50N2O6. The predicted octanol–water partition coefficient (Wildman–Crippen LogP) is 7.00. The van der Waals surface area contributed by atoms with Crippen LogP contribution in [0, 0.1) is 0 Å². The molecule has 0 aliphatic rings. The van der Waals surface area contributed by atoms with E-state index in [9.17, 15) is 14.7 Å². The topological polar surface area (TPSA) is 106 Å². The number of amides is 2. The van der Waals surface area contributed by atoms with Gasteiger partial charge < -0.3 is 30.0 Å². The van der Waals surface area contributed by atoms with Gasteiger partial charge in [0.2, 0.25) is 0 Å². The smallest absolute Gasteiger partial charge is 0.258 e. The fourth-order valence-corrected chi connectivity index (χ4v) is 4.88. The number of nitrogens with one attached hydrogen (secondary N) is 2. The van der Waals surface area contributed by atoms with E-state index in [1.165, 1.54) is 11.6 Å². The van der Waals surface area contributed by atoms with Gasteiger partial charge in [-0.25, -0.2) is 0 Å². The van der Waals surface area contributed by atoms with Crippen molar-refractivity contribution in [2.45, 2.75) is 91.2 Å². The first-order chi connectivity index (χ1) is 20.9.